The molecule has 2 N–H and O–H groups in total. The fourth-order valence-corrected chi connectivity index (χ4v) is 1.88. The first-order valence-electron chi connectivity index (χ1n) is 4.58. The molecule has 1 aliphatic carbocycles. The van der Waals surface area contributed by atoms with Crippen molar-refractivity contribution in [2.45, 2.75) is 38.0 Å². The quantitative estimate of drug-likeness (QED) is 0.696. The summed E-state index contributed by atoms with van der Waals surface area (Å²) in [5, 5.41) is 3.69. The van der Waals surface area contributed by atoms with Crippen LogP contribution in [-0.4, -0.2) is 5.16 Å². The first-order chi connectivity index (χ1) is 5.86. The standard InChI is InChI=1S/C9H14N2O/c10-9-6-8(12-11-9)7-4-2-1-3-5-7/h6-7H,1-5H2,(H2,10,11). The molecule has 2 rings (SSSR count). The van der Waals surface area contributed by atoms with Crippen molar-refractivity contribution in [3.05, 3.63) is 11.8 Å². The van der Waals surface area contributed by atoms with Gasteiger partial charge in [0.15, 0.2) is 5.82 Å². The summed E-state index contributed by atoms with van der Waals surface area (Å²) >= 11 is 0. The molecule has 1 aromatic heterocycles. The lowest BCUT2D eigenvalue weighted by molar-refractivity contribution is 0.322. The van der Waals surface area contributed by atoms with Crippen molar-refractivity contribution in [3.8, 4) is 0 Å². The molecule has 0 amide bonds. The van der Waals surface area contributed by atoms with Crippen LogP contribution in [0.5, 0.6) is 0 Å². The average molecular weight is 166 g/mol. The van der Waals surface area contributed by atoms with E-state index in [1.807, 2.05) is 6.07 Å². The van der Waals surface area contributed by atoms with Crippen LogP contribution in [0.3, 0.4) is 0 Å². The van der Waals surface area contributed by atoms with Crippen molar-refractivity contribution >= 4 is 5.82 Å². The van der Waals surface area contributed by atoms with Gasteiger partial charge in [-0.05, 0) is 12.8 Å². The van der Waals surface area contributed by atoms with Gasteiger partial charge >= 0.3 is 0 Å². The molecule has 0 radical (unpaired) electrons. The van der Waals surface area contributed by atoms with Gasteiger partial charge in [-0.2, -0.15) is 0 Å². The number of anilines is 1. The summed E-state index contributed by atoms with van der Waals surface area (Å²) in [6, 6.07) is 1.86. The minimum Gasteiger partial charge on any atom is -0.381 e. The minimum atomic E-state index is 0.510. The van der Waals surface area contributed by atoms with Gasteiger partial charge in [0.1, 0.15) is 5.76 Å². The van der Waals surface area contributed by atoms with Crippen LogP contribution in [0.2, 0.25) is 0 Å². The van der Waals surface area contributed by atoms with Crippen LogP contribution in [0.15, 0.2) is 10.6 Å². The van der Waals surface area contributed by atoms with Crippen LogP contribution in [0.25, 0.3) is 0 Å². The second-order valence-corrected chi connectivity index (χ2v) is 3.49. The second kappa shape index (κ2) is 3.17. The van der Waals surface area contributed by atoms with Gasteiger partial charge in [-0.25, -0.2) is 0 Å². The summed E-state index contributed by atoms with van der Waals surface area (Å²) in [4.78, 5) is 0. The molecule has 0 aromatic carbocycles. The Balaban J connectivity index is 2.08. The second-order valence-electron chi connectivity index (χ2n) is 3.49. The summed E-state index contributed by atoms with van der Waals surface area (Å²) in [6.07, 6.45) is 6.44. The molecule has 0 bridgehead atoms. The number of nitrogens with two attached hydrogens (primary N) is 1. The molecule has 1 fully saturated rings. The lowest BCUT2D eigenvalue weighted by Crippen LogP contribution is -2.02. The van der Waals surface area contributed by atoms with Crippen molar-refractivity contribution in [2.75, 3.05) is 5.73 Å². The van der Waals surface area contributed by atoms with Crippen LogP contribution in [-0.2, 0) is 0 Å². The van der Waals surface area contributed by atoms with Crippen LogP contribution < -0.4 is 5.73 Å². The van der Waals surface area contributed by atoms with Crippen molar-refractivity contribution in [3.63, 3.8) is 0 Å². The van der Waals surface area contributed by atoms with E-state index in [9.17, 15) is 0 Å². The summed E-state index contributed by atoms with van der Waals surface area (Å²) in [6.45, 7) is 0. The molecule has 1 aromatic rings. The van der Waals surface area contributed by atoms with E-state index in [0.29, 0.717) is 11.7 Å². The topological polar surface area (TPSA) is 52.0 Å². The first kappa shape index (κ1) is 7.65. The molecule has 0 spiro atoms. The van der Waals surface area contributed by atoms with E-state index in [1.54, 1.807) is 0 Å². The molecule has 1 saturated carbocycles. The molecule has 0 saturated heterocycles. The van der Waals surface area contributed by atoms with E-state index in [4.69, 9.17) is 10.3 Å². The smallest absolute Gasteiger partial charge is 0.167 e. The maximum Gasteiger partial charge on any atom is 0.167 e. The molecule has 66 valence electrons. The predicted octanol–water partition coefficient (Wildman–Crippen LogP) is 2.30. The van der Waals surface area contributed by atoms with E-state index in [2.05, 4.69) is 5.16 Å². The van der Waals surface area contributed by atoms with Gasteiger partial charge in [-0.3, -0.25) is 0 Å². The van der Waals surface area contributed by atoms with Gasteiger partial charge in [-0.15, -0.1) is 0 Å². The Morgan fingerprint density at radius 3 is 2.67 bits per heavy atom. The molecule has 3 heteroatoms. The van der Waals surface area contributed by atoms with Crippen molar-refractivity contribution in [1.82, 2.24) is 5.16 Å². The summed E-state index contributed by atoms with van der Waals surface area (Å²) in [5.41, 5.74) is 5.48. The van der Waals surface area contributed by atoms with Gasteiger partial charge in [0.25, 0.3) is 0 Å². The lowest BCUT2D eigenvalue weighted by Gasteiger charge is -2.18. The van der Waals surface area contributed by atoms with Gasteiger partial charge in [0, 0.05) is 12.0 Å². The molecule has 0 atom stereocenters. The summed E-state index contributed by atoms with van der Waals surface area (Å²) in [7, 11) is 0. The van der Waals surface area contributed by atoms with Crippen LogP contribution in [0.4, 0.5) is 5.82 Å². The normalized spacial score (nSPS) is 19.7. The van der Waals surface area contributed by atoms with Gasteiger partial charge in [0.05, 0.1) is 0 Å². The highest BCUT2D eigenvalue weighted by atomic mass is 16.5. The highest BCUT2D eigenvalue weighted by Crippen LogP contribution is 2.32. The molecule has 12 heavy (non-hydrogen) atoms. The minimum absolute atomic E-state index is 0.510. The fourth-order valence-electron chi connectivity index (χ4n) is 1.88. The number of hydrogen-bond donors (Lipinski definition) is 1. The highest BCUT2D eigenvalue weighted by Gasteiger charge is 2.18. The number of nitrogens with zero attached hydrogens (tertiary/aromatic N) is 1. The number of rotatable bonds is 1. The van der Waals surface area contributed by atoms with Gasteiger partial charge in [0.2, 0.25) is 0 Å². The molecular weight excluding hydrogens is 152 g/mol. The zero-order valence-electron chi connectivity index (χ0n) is 7.12. The maximum absolute atomic E-state index is 5.48. The molecule has 0 aliphatic heterocycles. The number of aromatic nitrogens is 1. The largest absolute Gasteiger partial charge is 0.381 e. The molecule has 0 unspecified atom stereocenters. The third-order valence-corrected chi connectivity index (χ3v) is 2.55. The number of nitrogen functional groups attached to an aromatic ring is 1. The Kier molecular flexibility index (Phi) is 2.02. The molecule has 3 nitrogen and oxygen atoms in total. The van der Waals surface area contributed by atoms with E-state index in [1.165, 1.54) is 32.1 Å². The van der Waals surface area contributed by atoms with E-state index >= 15 is 0 Å². The highest BCUT2D eigenvalue weighted by molar-refractivity contribution is 5.28. The van der Waals surface area contributed by atoms with E-state index in [0.717, 1.165) is 5.76 Å². The lowest BCUT2D eigenvalue weighted by atomic mass is 9.87. The Morgan fingerprint density at radius 1 is 1.33 bits per heavy atom. The first-order valence-corrected chi connectivity index (χ1v) is 4.58. The number of hydrogen-bond acceptors (Lipinski definition) is 3. The zero-order valence-corrected chi connectivity index (χ0v) is 7.12. The third-order valence-electron chi connectivity index (χ3n) is 2.55. The van der Waals surface area contributed by atoms with Crippen LogP contribution >= 0.6 is 0 Å². The maximum atomic E-state index is 5.48. The molecule has 1 heterocycles. The van der Waals surface area contributed by atoms with Gasteiger partial charge in [-0.1, -0.05) is 24.4 Å². The average Bonchev–Trinajstić information content (AvgIpc) is 2.54. The molecule has 1 aliphatic rings. The fraction of sp³-hybridized carbons (Fsp3) is 0.667. The van der Waals surface area contributed by atoms with E-state index in [-0.39, 0.29) is 0 Å². The van der Waals surface area contributed by atoms with Crippen molar-refractivity contribution < 1.29 is 4.52 Å². The SMILES string of the molecule is Nc1cc(C2CCCCC2)on1. The van der Waals surface area contributed by atoms with E-state index < -0.39 is 0 Å². The van der Waals surface area contributed by atoms with Gasteiger partial charge < -0.3 is 10.3 Å². The Bertz CT molecular complexity index is 251. The van der Waals surface area contributed by atoms with Crippen LogP contribution in [0, 0.1) is 0 Å². The third kappa shape index (κ3) is 1.44. The zero-order chi connectivity index (χ0) is 8.39. The Labute approximate surface area is 71.9 Å². The van der Waals surface area contributed by atoms with Crippen molar-refractivity contribution in [2.24, 2.45) is 0 Å². The molecular formula is C9H14N2O. The van der Waals surface area contributed by atoms with Crippen molar-refractivity contribution in [1.29, 1.82) is 0 Å². The Morgan fingerprint density at radius 2 is 2.08 bits per heavy atom. The predicted molar refractivity (Wildman–Crippen MR) is 46.7 cm³/mol. The monoisotopic (exact) mass is 166 g/mol. The summed E-state index contributed by atoms with van der Waals surface area (Å²) in [5.74, 6) is 2.06. The Hall–Kier alpha value is -0.990. The summed E-state index contributed by atoms with van der Waals surface area (Å²) < 4.78 is 5.13. The van der Waals surface area contributed by atoms with Crippen LogP contribution in [0.1, 0.15) is 43.8 Å².